The van der Waals surface area contributed by atoms with Crippen LogP contribution in [0.4, 0.5) is 8.78 Å². The van der Waals surface area contributed by atoms with E-state index in [0.29, 0.717) is 6.08 Å². The minimum absolute atomic E-state index is 0.0372. The quantitative estimate of drug-likeness (QED) is 0.793. The molecular formula is C8H10F2N2O2S. The van der Waals surface area contributed by atoms with Crippen LogP contribution in [-0.4, -0.2) is 24.0 Å². The maximum absolute atomic E-state index is 11.7. The van der Waals surface area contributed by atoms with Gasteiger partial charge in [0.2, 0.25) is 0 Å². The molecule has 4 nitrogen and oxygen atoms in total. The minimum Gasteiger partial charge on any atom is -0.257 e. The first kappa shape index (κ1) is 11.8. The van der Waals surface area contributed by atoms with E-state index in [0.717, 1.165) is 0 Å². The first-order chi connectivity index (χ1) is 6.93. The molecule has 0 unspecified atom stereocenters. The van der Waals surface area contributed by atoms with Crippen molar-refractivity contribution in [1.29, 1.82) is 0 Å². The molecule has 0 radical (unpaired) electrons. The number of sulfone groups is 1. The van der Waals surface area contributed by atoms with Gasteiger partial charge in [0.05, 0.1) is 11.9 Å². The van der Waals surface area contributed by atoms with Gasteiger partial charge in [0.1, 0.15) is 0 Å². The number of allylic oxidation sites excluding steroid dienone is 1. The van der Waals surface area contributed by atoms with E-state index in [2.05, 4.69) is 5.10 Å². The summed E-state index contributed by atoms with van der Waals surface area (Å²) in [6.45, 7) is 0. The predicted molar refractivity (Wildman–Crippen MR) is 50.2 cm³/mol. The molecule has 0 bridgehead atoms. The van der Waals surface area contributed by atoms with Gasteiger partial charge in [-0.3, -0.25) is 4.68 Å². The Labute approximate surface area is 86.1 Å². The van der Waals surface area contributed by atoms with Gasteiger partial charge in [-0.2, -0.15) is 13.9 Å². The smallest absolute Gasteiger partial charge is 0.257 e. The molecule has 0 aliphatic rings. The zero-order valence-corrected chi connectivity index (χ0v) is 8.84. The molecule has 0 N–H and O–H groups in total. The summed E-state index contributed by atoms with van der Waals surface area (Å²) in [4.78, 5) is 0. The summed E-state index contributed by atoms with van der Waals surface area (Å²) in [5, 5.41) is 3.74. The monoisotopic (exact) mass is 236 g/mol. The normalized spacial score (nSPS) is 11.4. The third-order valence-corrected chi connectivity index (χ3v) is 3.59. The van der Waals surface area contributed by atoms with E-state index >= 15 is 0 Å². The van der Waals surface area contributed by atoms with Gasteiger partial charge in [0.25, 0.3) is 6.08 Å². The Bertz CT molecular complexity index is 461. The average molecular weight is 236 g/mol. The highest BCUT2D eigenvalue weighted by Crippen LogP contribution is 2.11. The molecule has 0 atom stereocenters. The van der Waals surface area contributed by atoms with Crippen molar-refractivity contribution in [3.8, 4) is 0 Å². The van der Waals surface area contributed by atoms with E-state index in [9.17, 15) is 17.2 Å². The lowest BCUT2D eigenvalue weighted by atomic mass is 10.5. The van der Waals surface area contributed by atoms with Crippen LogP contribution in [0.2, 0.25) is 0 Å². The fraction of sp³-hybridized carbons (Fsp3) is 0.375. The van der Waals surface area contributed by atoms with E-state index in [1.54, 1.807) is 0 Å². The van der Waals surface area contributed by atoms with Crippen LogP contribution < -0.4 is 0 Å². The summed E-state index contributed by atoms with van der Waals surface area (Å²) >= 11 is 0. The van der Waals surface area contributed by atoms with Crippen molar-refractivity contribution < 1.29 is 17.2 Å². The Morgan fingerprint density at radius 3 is 2.73 bits per heavy atom. The third kappa shape index (κ3) is 3.12. The molecule has 0 amide bonds. The molecule has 0 saturated heterocycles. The number of rotatable bonds is 4. The third-order valence-electron chi connectivity index (χ3n) is 1.78. The highest BCUT2D eigenvalue weighted by molar-refractivity contribution is 7.91. The molecule has 84 valence electrons. The van der Waals surface area contributed by atoms with Gasteiger partial charge in [-0.25, -0.2) is 8.42 Å². The van der Waals surface area contributed by atoms with Crippen molar-refractivity contribution in [3.05, 3.63) is 24.4 Å². The van der Waals surface area contributed by atoms with Gasteiger partial charge in [-0.15, -0.1) is 0 Å². The largest absolute Gasteiger partial charge is 0.266 e. The van der Waals surface area contributed by atoms with Crippen LogP contribution in [0, 0.1) is 0 Å². The summed E-state index contributed by atoms with van der Waals surface area (Å²) in [5.74, 6) is -0.343. The van der Waals surface area contributed by atoms with Crippen molar-refractivity contribution in [2.75, 3.05) is 5.75 Å². The van der Waals surface area contributed by atoms with Crippen LogP contribution in [0.15, 0.2) is 29.4 Å². The van der Waals surface area contributed by atoms with Crippen molar-refractivity contribution in [2.45, 2.75) is 11.4 Å². The Kier molecular flexibility index (Phi) is 3.57. The number of hydrogen-bond acceptors (Lipinski definition) is 3. The number of aromatic nitrogens is 2. The topological polar surface area (TPSA) is 52.0 Å². The van der Waals surface area contributed by atoms with Crippen LogP contribution in [0.3, 0.4) is 0 Å². The van der Waals surface area contributed by atoms with Gasteiger partial charge in [-0.05, 0) is 18.6 Å². The summed E-state index contributed by atoms with van der Waals surface area (Å²) in [6.07, 6.45) is -0.127. The molecule has 0 aromatic carbocycles. The maximum Gasteiger partial charge on any atom is 0.266 e. The van der Waals surface area contributed by atoms with E-state index < -0.39 is 15.9 Å². The molecule has 0 spiro atoms. The summed E-state index contributed by atoms with van der Waals surface area (Å²) < 4.78 is 47.7. The van der Waals surface area contributed by atoms with Crippen LogP contribution in [0.1, 0.15) is 6.42 Å². The van der Waals surface area contributed by atoms with Crippen LogP contribution in [0.5, 0.6) is 0 Å². The van der Waals surface area contributed by atoms with E-state index in [1.807, 2.05) is 0 Å². The van der Waals surface area contributed by atoms with Crippen molar-refractivity contribution >= 4 is 9.84 Å². The first-order valence-electron chi connectivity index (χ1n) is 4.15. The Hall–Kier alpha value is -1.24. The lowest BCUT2D eigenvalue weighted by molar-refractivity contribution is 0.418. The molecule has 7 heteroatoms. The zero-order valence-electron chi connectivity index (χ0n) is 8.02. The average Bonchev–Trinajstić information content (AvgIpc) is 2.50. The molecule has 15 heavy (non-hydrogen) atoms. The van der Waals surface area contributed by atoms with E-state index in [4.69, 9.17) is 0 Å². The van der Waals surface area contributed by atoms with E-state index in [-0.39, 0.29) is 17.2 Å². The van der Waals surface area contributed by atoms with Gasteiger partial charge in [0, 0.05) is 7.05 Å². The fourth-order valence-electron chi connectivity index (χ4n) is 1.09. The van der Waals surface area contributed by atoms with Crippen LogP contribution in [-0.2, 0) is 16.9 Å². The Morgan fingerprint density at radius 2 is 2.27 bits per heavy atom. The molecule has 1 aromatic rings. The van der Waals surface area contributed by atoms with E-state index in [1.165, 1.54) is 24.0 Å². The fourth-order valence-corrected chi connectivity index (χ4v) is 2.45. The minimum atomic E-state index is -3.52. The summed E-state index contributed by atoms with van der Waals surface area (Å²) in [6, 6.07) is 1.34. The number of aryl methyl sites for hydroxylation is 1. The van der Waals surface area contributed by atoms with Crippen molar-refractivity contribution in [1.82, 2.24) is 9.78 Å². The van der Waals surface area contributed by atoms with Crippen molar-refractivity contribution in [2.24, 2.45) is 7.05 Å². The Balaban J connectivity index is 2.78. The zero-order chi connectivity index (χ0) is 11.5. The maximum atomic E-state index is 11.7. The number of hydrogen-bond donors (Lipinski definition) is 0. The molecule has 0 saturated carbocycles. The highest BCUT2D eigenvalue weighted by Gasteiger charge is 2.17. The number of halogens is 2. The van der Waals surface area contributed by atoms with Crippen molar-refractivity contribution in [3.63, 3.8) is 0 Å². The molecule has 0 fully saturated rings. The van der Waals surface area contributed by atoms with Gasteiger partial charge < -0.3 is 0 Å². The van der Waals surface area contributed by atoms with Gasteiger partial charge in [0.15, 0.2) is 14.9 Å². The molecule has 1 heterocycles. The lowest BCUT2D eigenvalue weighted by Crippen LogP contribution is -2.11. The lowest BCUT2D eigenvalue weighted by Gasteiger charge is -2.01. The molecule has 1 aromatic heterocycles. The Morgan fingerprint density at radius 1 is 1.60 bits per heavy atom. The highest BCUT2D eigenvalue weighted by atomic mass is 32.2. The number of nitrogens with zero attached hydrogens (tertiary/aromatic N) is 2. The summed E-state index contributed by atoms with van der Waals surface area (Å²) in [7, 11) is -2.04. The second-order valence-electron chi connectivity index (χ2n) is 2.89. The molecular weight excluding hydrogens is 226 g/mol. The summed E-state index contributed by atoms with van der Waals surface area (Å²) in [5.41, 5.74) is 0. The van der Waals surface area contributed by atoms with Gasteiger partial charge >= 0.3 is 0 Å². The van der Waals surface area contributed by atoms with Gasteiger partial charge in [-0.1, -0.05) is 0 Å². The molecule has 0 aliphatic heterocycles. The molecule has 0 aliphatic carbocycles. The SMILES string of the molecule is Cn1nccc1S(=O)(=O)CCC=C(F)F. The van der Waals surface area contributed by atoms with Crippen LogP contribution >= 0.6 is 0 Å². The molecule has 1 rings (SSSR count). The standard InChI is InChI=1S/C8H10F2N2O2S/c1-12-8(4-5-11-12)15(13,14)6-2-3-7(9)10/h3-5H,2,6H2,1H3. The second-order valence-corrected chi connectivity index (χ2v) is 4.95. The van der Waals surface area contributed by atoms with Crippen LogP contribution in [0.25, 0.3) is 0 Å². The second kappa shape index (κ2) is 4.52. The predicted octanol–water partition coefficient (Wildman–Crippen LogP) is 1.36. The first-order valence-corrected chi connectivity index (χ1v) is 5.80.